The minimum Gasteiger partial charge on any atom is -0.390 e. The highest BCUT2D eigenvalue weighted by Gasteiger charge is 2.72. The van der Waals surface area contributed by atoms with E-state index in [2.05, 4.69) is 0 Å². The molecule has 5 heteroatoms. The lowest BCUT2D eigenvalue weighted by molar-refractivity contribution is -0.200. The van der Waals surface area contributed by atoms with Crippen LogP contribution in [0.5, 0.6) is 0 Å². The largest absolute Gasteiger partial charge is 0.390 e. The molecule has 0 heterocycles. The Labute approximate surface area is 146 Å². The van der Waals surface area contributed by atoms with Gasteiger partial charge in [0.05, 0.1) is 12.2 Å². The van der Waals surface area contributed by atoms with Crippen LogP contribution in [0.25, 0.3) is 0 Å². The van der Waals surface area contributed by atoms with E-state index in [-0.39, 0.29) is 36.2 Å². The molecule has 4 nitrogen and oxygen atoms in total. The van der Waals surface area contributed by atoms with Gasteiger partial charge in [0.2, 0.25) is 0 Å². The Morgan fingerprint density at radius 2 is 1.84 bits per heavy atom. The average Bonchev–Trinajstić information content (AvgIpc) is 2.76. The van der Waals surface area contributed by atoms with Gasteiger partial charge in [-0.05, 0) is 49.8 Å². The molecular formula is C20H25FO4. The number of alkyl halides is 1. The molecule has 0 aliphatic heterocycles. The first-order valence-corrected chi connectivity index (χ1v) is 9.10. The van der Waals surface area contributed by atoms with Gasteiger partial charge in [-0.1, -0.05) is 19.9 Å². The van der Waals surface area contributed by atoms with E-state index >= 15 is 4.39 Å². The lowest BCUT2D eigenvalue weighted by Gasteiger charge is -2.61. The molecule has 25 heavy (non-hydrogen) atoms. The van der Waals surface area contributed by atoms with E-state index < -0.39 is 34.6 Å². The highest BCUT2D eigenvalue weighted by molar-refractivity contribution is 6.01. The van der Waals surface area contributed by atoms with Crippen molar-refractivity contribution in [2.75, 3.05) is 0 Å². The van der Waals surface area contributed by atoms with Crippen molar-refractivity contribution in [3.8, 4) is 0 Å². The number of hydrogen-bond donors (Lipinski definition) is 2. The Kier molecular flexibility index (Phi) is 3.34. The molecule has 1 unspecified atom stereocenters. The molecule has 0 aromatic rings. The van der Waals surface area contributed by atoms with Crippen molar-refractivity contribution in [1.29, 1.82) is 0 Å². The third-order valence-electron chi connectivity index (χ3n) is 7.67. The molecule has 0 saturated heterocycles. The topological polar surface area (TPSA) is 74.6 Å². The quantitative estimate of drug-likeness (QED) is 0.703. The molecule has 3 fully saturated rings. The van der Waals surface area contributed by atoms with Crippen molar-refractivity contribution in [3.63, 3.8) is 0 Å². The summed E-state index contributed by atoms with van der Waals surface area (Å²) in [6.07, 6.45) is 2.70. The summed E-state index contributed by atoms with van der Waals surface area (Å²) in [7, 11) is 0. The Morgan fingerprint density at radius 1 is 1.16 bits per heavy atom. The normalized spacial score (nSPS) is 54.6. The third-order valence-corrected chi connectivity index (χ3v) is 7.67. The predicted octanol–water partition coefficient (Wildman–Crippen LogP) is 2.14. The number of ketones is 2. The van der Waals surface area contributed by atoms with E-state index in [4.69, 9.17) is 0 Å². The summed E-state index contributed by atoms with van der Waals surface area (Å²) < 4.78 is 16.6. The van der Waals surface area contributed by atoms with Crippen LogP contribution in [-0.2, 0) is 9.59 Å². The van der Waals surface area contributed by atoms with Crippen LogP contribution in [-0.4, -0.2) is 39.7 Å². The molecule has 0 spiro atoms. The second kappa shape index (κ2) is 4.89. The van der Waals surface area contributed by atoms with Gasteiger partial charge in [-0.25, -0.2) is 4.39 Å². The summed E-state index contributed by atoms with van der Waals surface area (Å²) in [5.74, 6) is -1.16. The van der Waals surface area contributed by atoms with E-state index in [0.29, 0.717) is 12.0 Å². The number of allylic oxidation sites excluding steroid dienone is 3. The van der Waals surface area contributed by atoms with Gasteiger partial charge >= 0.3 is 0 Å². The standard InChI is InChI=1S/C20H25FO4/c1-10-6-12-13-8-15(23)14-7-11(22)4-5-19(14,3)20(13,21)16(24)9-18(12,2)17(10)25/h4-5,7,10,12-13,15-16,23-24H,6,8-9H2,1-3H3/t10-,12+,13+,15?,16+,18+,19+,20+/m1/s1. The lowest BCUT2D eigenvalue weighted by Crippen LogP contribution is -2.68. The van der Waals surface area contributed by atoms with Gasteiger partial charge in [-0.2, -0.15) is 0 Å². The van der Waals surface area contributed by atoms with E-state index in [0.717, 1.165) is 0 Å². The molecule has 0 aromatic heterocycles. The molecule has 136 valence electrons. The molecule has 2 N–H and O–H groups in total. The number of aliphatic hydroxyl groups excluding tert-OH is 2. The zero-order valence-corrected chi connectivity index (χ0v) is 14.8. The lowest BCUT2D eigenvalue weighted by atomic mass is 9.45. The van der Waals surface area contributed by atoms with Crippen molar-refractivity contribution < 1.29 is 24.2 Å². The van der Waals surface area contributed by atoms with Crippen molar-refractivity contribution >= 4 is 11.6 Å². The molecule has 0 radical (unpaired) electrons. The van der Waals surface area contributed by atoms with Gasteiger partial charge in [0.25, 0.3) is 0 Å². The summed E-state index contributed by atoms with van der Waals surface area (Å²) in [6.45, 7) is 5.36. The summed E-state index contributed by atoms with van der Waals surface area (Å²) in [5.41, 5.74) is -3.63. The van der Waals surface area contributed by atoms with Crippen LogP contribution in [0.15, 0.2) is 23.8 Å². The van der Waals surface area contributed by atoms with Gasteiger partial charge in [-0.3, -0.25) is 9.59 Å². The molecule has 4 aliphatic carbocycles. The highest BCUT2D eigenvalue weighted by atomic mass is 19.1. The minimum absolute atomic E-state index is 0.0916. The number of aliphatic hydroxyl groups is 2. The van der Waals surface area contributed by atoms with Gasteiger partial charge in [0, 0.05) is 22.7 Å². The number of halogens is 1. The van der Waals surface area contributed by atoms with Crippen molar-refractivity contribution in [2.24, 2.45) is 28.6 Å². The summed E-state index contributed by atoms with van der Waals surface area (Å²) >= 11 is 0. The summed E-state index contributed by atoms with van der Waals surface area (Å²) in [4.78, 5) is 24.5. The van der Waals surface area contributed by atoms with Crippen molar-refractivity contribution in [1.82, 2.24) is 0 Å². The van der Waals surface area contributed by atoms with Crippen LogP contribution in [0.3, 0.4) is 0 Å². The van der Waals surface area contributed by atoms with E-state index in [1.165, 1.54) is 18.2 Å². The van der Waals surface area contributed by atoms with Gasteiger partial charge < -0.3 is 10.2 Å². The summed E-state index contributed by atoms with van der Waals surface area (Å²) in [6, 6.07) is 0. The number of Topliss-reactive ketones (excluding diaryl/α,β-unsaturated/α-hetero) is 1. The fourth-order valence-electron chi connectivity index (χ4n) is 6.37. The third kappa shape index (κ3) is 1.83. The Bertz CT molecular complexity index is 727. The van der Waals surface area contributed by atoms with E-state index in [9.17, 15) is 19.8 Å². The Hall–Kier alpha value is -1.33. The first-order chi connectivity index (χ1) is 11.6. The summed E-state index contributed by atoms with van der Waals surface area (Å²) in [5, 5.41) is 21.6. The fourth-order valence-corrected chi connectivity index (χ4v) is 6.37. The number of rotatable bonds is 0. The first kappa shape index (κ1) is 17.1. The molecule has 4 rings (SSSR count). The molecule has 3 saturated carbocycles. The van der Waals surface area contributed by atoms with E-state index in [1.54, 1.807) is 6.92 Å². The maximum absolute atomic E-state index is 16.6. The van der Waals surface area contributed by atoms with Crippen LogP contribution in [0, 0.1) is 28.6 Å². The van der Waals surface area contributed by atoms with Crippen molar-refractivity contribution in [3.05, 3.63) is 23.8 Å². The molecule has 0 bridgehead atoms. The number of hydrogen-bond acceptors (Lipinski definition) is 4. The fraction of sp³-hybridized carbons (Fsp3) is 0.700. The van der Waals surface area contributed by atoms with Crippen LogP contribution in [0.4, 0.5) is 4.39 Å². The van der Waals surface area contributed by atoms with Gasteiger partial charge in [0.1, 0.15) is 5.78 Å². The smallest absolute Gasteiger partial charge is 0.178 e. The maximum atomic E-state index is 16.6. The van der Waals surface area contributed by atoms with Crippen LogP contribution in [0.1, 0.15) is 40.0 Å². The zero-order chi connectivity index (χ0) is 18.4. The predicted molar refractivity (Wildman–Crippen MR) is 89.3 cm³/mol. The molecule has 4 aliphatic rings. The minimum atomic E-state index is -2.00. The van der Waals surface area contributed by atoms with Crippen LogP contribution in [0.2, 0.25) is 0 Å². The molecular weight excluding hydrogens is 323 g/mol. The molecule has 8 atom stereocenters. The first-order valence-electron chi connectivity index (χ1n) is 9.10. The second-order valence-corrected chi connectivity index (χ2v) is 8.91. The second-order valence-electron chi connectivity index (χ2n) is 8.91. The van der Waals surface area contributed by atoms with Gasteiger partial charge in [-0.15, -0.1) is 0 Å². The van der Waals surface area contributed by atoms with E-state index in [1.807, 2.05) is 13.8 Å². The zero-order valence-electron chi connectivity index (χ0n) is 14.8. The van der Waals surface area contributed by atoms with Crippen LogP contribution < -0.4 is 0 Å². The van der Waals surface area contributed by atoms with Gasteiger partial charge in [0.15, 0.2) is 11.5 Å². The average molecular weight is 348 g/mol. The Morgan fingerprint density at radius 3 is 2.52 bits per heavy atom. The highest BCUT2D eigenvalue weighted by Crippen LogP contribution is 2.67. The Balaban J connectivity index is 1.88. The number of carbonyl (C=O) groups excluding carboxylic acids is 2. The van der Waals surface area contributed by atoms with Crippen molar-refractivity contribution in [2.45, 2.75) is 57.9 Å². The number of carbonyl (C=O) groups is 2. The SMILES string of the molecule is C[C@@H]1C[C@H]2[C@@H]3CC(O)C4=CC(=O)C=C[C@]4(C)[C@@]3(F)[C@@H](O)C[C@]2(C)C1=O. The number of fused-ring (bicyclic) bond motifs is 5. The molecule has 0 amide bonds. The molecule has 0 aromatic carbocycles. The monoisotopic (exact) mass is 348 g/mol. The van der Waals surface area contributed by atoms with Crippen LogP contribution >= 0.6 is 0 Å². The maximum Gasteiger partial charge on any atom is 0.178 e.